The van der Waals surface area contributed by atoms with Crippen molar-refractivity contribution in [1.82, 2.24) is 19.5 Å². The number of fused-ring (bicyclic) bond motifs is 1. The predicted molar refractivity (Wildman–Crippen MR) is 66.0 cm³/mol. The number of para-hydroxylation sites is 2. The third kappa shape index (κ3) is 1.60. The summed E-state index contributed by atoms with van der Waals surface area (Å²) in [7, 11) is 0. The third-order valence-corrected chi connectivity index (χ3v) is 2.66. The number of hydrogen-bond acceptors (Lipinski definition) is 4. The highest BCUT2D eigenvalue weighted by molar-refractivity contribution is 5.77. The van der Waals surface area contributed by atoms with Crippen molar-refractivity contribution in [2.24, 2.45) is 0 Å². The Balaban J connectivity index is 2.32. The van der Waals surface area contributed by atoms with Crippen LogP contribution in [0.15, 0.2) is 42.9 Å². The number of rotatable bonds is 2. The van der Waals surface area contributed by atoms with Gasteiger partial charge in [0, 0.05) is 6.20 Å². The SMILES string of the molecule is N#CCc1nc2ccccc2n1-c1ccncn1. The maximum atomic E-state index is 8.88. The Morgan fingerprint density at radius 3 is 2.89 bits per heavy atom. The molecular weight excluding hydrogens is 226 g/mol. The molecule has 0 amide bonds. The Hall–Kier alpha value is -2.74. The first-order valence-corrected chi connectivity index (χ1v) is 5.50. The molecule has 0 unspecified atom stereocenters. The van der Waals surface area contributed by atoms with Gasteiger partial charge < -0.3 is 0 Å². The Bertz CT molecular complexity index is 724. The van der Waals surface area contributed by atoms with Gasteiger partial charge in [-0.2, -0.15) is 5.26 Å². The lowest BCUT2D eigenvalue weighted by molar-refractivity contribution is 0.911. The molecule has 0 spiro atoms. The molecule has 1 aromatic carbocycles. The summed E-state index contributed by atoms with van der Waals surface area (Å²) >= 11 is 0. The average molecular weight is 235 g/mol. The van der Waals surface area contributed by atoms with Crippen LogP contribution in [0.25, 0.3) is 16.9 Å². The van der Waals surface area contributed by atoms with Gasteiger partial charge in [-0.3, -0.25) is 4.57 Å². The van der Waals surface area contributed by atoms with Gasteiger partial charge in [-0.15, -0.1) is 0 Å². The molecule has 18 heavy (non-hydrogen) atoms. The summed E-state index contributed by atoms with van der Waals surface area (Å²) in [6.07, 6.45) is 3.41. The van der Waals surface area contributed by atoms with Crippen LogP contribution in [0.1, 0.15) is 5.82 Å². The molecule has 3 aromatic rings. The van der Waals surface area contributed by atoms with Crippen molar-refractivity contribution in [1.29, 1.82) is 5.26 Å². The van der Waals surface area contributed by atoms with Crippen molar-refractivity contribution in [3.05, 3.63) is 48.7 Å². The third-order valence-electron chi connectivity index (χ3n) is 2.66. The average Bonchev–Trinajstić information content (AvgIpc) is 2.78. The summed E-state index contributed by atoms with van der Waals surface area (Å²) in [5.41, 5.74) is 1.81. The van der Waals surface area contributed by atoms with Gasteiger partial charge in [0.25, 0.3) is 0 Å². The van der Waals surface area contributed by atoms with Gasteiger partial charge in [0.05, 0.1) is 23.5 Å². The molecule has 0 atom stereocenters. The Morgan fingerprint density at radius 1 is 1.22 bits per heavy atom. The molecule has 0 saturated carbocycles. The Labute approximate surface area is 103 Å². The standard InChI is InChI=1S/C13H9N5/c14-7-5-13-17-10-3-1-2-4-11(10)18(13)12-6-8-15-9-16-12/h1-4,6,8-9H,5H2. The summed E-state index contributed by atoms with van der Waals surface area (Å²) < 4.78 is 1.89. The highest BCUT2D eigenvalue weighted by Crippen LogP contribution is 2.19. The summed E-state index contributed by atoms with van der Waals surface area (Å²) in [6.45, 7) is 0. The number of aromatic nitrogens is 4. The number of hydrogen-bond donors (Lipinski definition) is 0. The van der Waals surface area contributed by atoms with Crippen LogP contribution in [0.2, 0.25) is 0 Å². The van der Waals surface area contributed by atoms with Crippen molar-refractivity contribution < 1.29 is 0 Å². The quantitative estimate of drug-likeness (QED) is 0.680. The molecule has 0 bridgehead atoms. The molecule has 0 saturated heterocycles. The van der Waals surface area contributed by atoms with E-state index < -0.39 is 0 Å². The van der Waals surface area contributed by atoms with Crippen LogP contribution >= 0.6 is 0 Å². The van der Waals surface area contributed by atoms with Crippen LogP contribution < -0.4 is 0 Å². The fourth-order valence-electron chi connectivity index (χ4n) is 1.94. The minimum absolute atomic E-state index is 0.249. The van der Waals surface area contributed by atoms with Crippen molar-refractivity contribution in [2.45, 2.75) is 6.42 Å². The first kappa shape index (κ1) is 10.4. The molecule has 5 nitrogen and oxygen atoms in total. The summed E-state index contributed by atoms with van der Waals surface area (Å²) in [4.78, 5) is 12.6. The fourth-order valence-corrected chi connectivity index (χ4v) is 1.94. The van der Waals surface area contributed by atoms with E-state index in [0.29, 0.717) is 5.82 Å². The Kier molecular flexibility index (Phi) is 2.47. The zero-order valence-corrected chi connectivity index (χ0v) is 9.48. The molecular formula is C13H9N5. The second kappa shape index (κ2) is 4.26. The number of imidazole rings is 1. The molecule has 3 rings (SSSR count). The highest BCUT2D eigenvalue weighted by atomic mass is 15.1. The molecule has 0 radical (unpaired) electrons. The molecule has 86 valence electrons. The van der Waals surface area contributed by atoms with Gasteiger partial charge in [-0.05, 0) is 18.2 Å². The van der Waals surface area contributed by atoms with Gasteiger partial charge in [0.1, 0.15) is 18.0 Å². The van der Waals surface area contributed by atoms with Crippen LogP contribution in [-0.4, -0.2) is 19.5 Å². The van der Waals surface area contributed by atoms with Crippen LogP contribution in [0.4, 0.5) is 0 Å². The van der Waals surface area contributed by atoms with Gasteiger partial charge in [0.15, 0.2) is 0 Å². The summed E-state index contributed by atoms with van der Waals surface area (Å²) in [5.74, 6) is 1.42. The first-order chi connectivity index (χ1) is 8.90. The fraction of sp³-hybridized carbons (Fsp3) is 0.0769. The van der Waals surface area contributed by atoms with Crippen LogP contribution in [-0.2, 0) is 6.42 Å². The van der Waals surface area contributed by atoms with Crippen LogP contribution in [0.3, 0.4) is 0 Å². The van der Waals surface area contributed by atoms with E-state index >= 15 is 0 Å². The smallest absolute Gasteiger partial charge is 0.141 e. The van der Waals surface area contributed by atoms with Gasteiger partial charge >= 0.3 is 0 Å². The zero-order valence-electron chi connectivity index (χ0n) is 9.48. The Morgan fingerprint density at radius 2 is 2.11 bits per heavy atom. The van der Waals surface area contributed by atoms with E-state index in [1.165, 1.54) is 6.33 Å². The number of nitrogens with zero attached hydrogens (tertiary/aromatic N) is 5. The molecule has 0 N–H and O–H groups in total. The molecule has 0 aliphatic rings. The molecule has 0 aliphatic carbocycles. The second-order valence-corrected chi connectivity index (χ2v) is 3.75. The van der Waals surface area contributed by atoms with Crippen LogP contribution in [0.5, 0.6) is 0 Å². The lowest BCUT2D eigenvalue weighted by Gasteiger charge is -2.05. The second-order valence-electron chi connectivity index (χ2n) is 3.75. The summed E-state index contributed by atoms with van der Waals surface area (Å²) in [5, 5.41) is 8.88. The minimum Gasteiger partial charge on any atom is -0.279 e. The van der Waals surface area contributed by atoms with Crippen molar-refractivity contribution >= 4 is 11.0 Å². The topological polar surface area (TPSA) is 67.4 Å². The monoisotopic (exact) mass is 235 g/mol. The first-order valence-electron chi connectivity index (χ1n) is 5.50. The van der Waals surface area contributed by atoms with E-state index in [1.807, 2.05) is 28.8 Å². The zero-order chi connectivity index (χ0) is 12.4. The highest BCUT2D eigenvalue weighted by Gasteiger charge is 2.12. The normalized spacial score (nSPS) is 10.4. The van der Waals surface area contributed by atoms with E-state index in [1.54, 1.807) is 12.3 Å². The van der Waals surface area contributed by atoms with E-state index in [9.17, 15) is 0 Å². The molecule has 0 aliphatic heterocycles. The maximum absolute atomic E-state index is 8.88. The maximum Gasteiger partial charge on any atom is 0.141 e. The molecule has 5 heteroatoms. The van der Waals surface area contributed by atoms with E-state index in [4.69, 9.17) is 5.26 Å². The number of benzene rings is 1. The van der Waals surface area contributed by atoms with E-state index in [0.717, 1.165) is 16.9 Å². The van der Waals surface area contributed by atoms with Crippen molar-refractivity contribution in [3.63, 3.8) is 0 Å². The molecule has 0 fully saturated rings. The lowest BCUT2D eigenvalue weighted by atomic mass is 10.3. The van der Waals surface area contributed by atoms with Gasteiger partial charge in [0.2, 0.25) is 0 Å². The minimum atomic E-state index is 0.249. The number of nitriles is 1. The van der Waals surface area contributed by atoms with Crippen molar-refractivity contribution in [3.8, 4) is 11.9 Å². The largest absolute Gasteiger partial charge is 0.279 e. The van der Waals surface area contributed by atoms with E-state index in [-0.39, 0.29) is 6.42 Å². The van der Waals surface area contributed by atoms with Crippen molar-refractivity contribution in [2.75, 3.05) is 0 Å². The van der Waals surface area contributed by atoms with Gasteiger partial charge in [-0.25, -0.2) is 15.0 Å². The molecule has 2 heterocycles. The molecule has 2 aromatic heterocycles. The van der Waals surface area contributed by atoms with Gasteiger partial charge in [-0.1, -0.05) is 12.1 Å². The van der Waals surface area contributed by atoms with Crippen LogP contribution in [0, 0.1) is 11.3 Å². The van der Waals surface area contributed by atoms with E-state index in [2.05, 4.69) is 21.0 Å². The lowest BCUT2D eigenvalue weighted by Crippen LogP contribution is -2.02. The predicted octanol–water partition coefficient (Wildman–Crippen LogP) is 1.88. The summed E-state index contributed by atoms with van der Waals surface area (Å²) in [6, 6.07) is 11.7.